The first-order chi connectivity index (χ1) is 3.98. The van der Waals surface area contributed by atoms with Crippen LogP contribution in [-0.2, 0) is 0 Å². The highest BCUT2D eigenvalue weighted by atomic mass is 19.4. The van der Waals surface area contributed by atoms with Crippen LogP contribution >= 0.6 is 0 Å². The van der Waals surface area contributed by atoms with Crippen LogP contribution in [0.25, 0.3) is 0 Å². The van der Waals surface area contributed by atoms with Crippen LogP contribution in [0.15, 0.2) is 12.7 Å². The van der Waals surface area contributed by atoms with E-state index < -0.39 is 12.2 Å². The maximum Gasteiger partial charge on any atom is 0.403 e. The van der Waals surface area contributed by atoms with Gasteiger partial charge >= 0.3 is 6.18 Å². The predicted octanol–water partition coefficient (Wildman–Crippen LogP) is 1.45. The second-order valence-electron chi connectivity index (χ2n) is 1.67. The molecular formula is C5H8F3N. The topological polar surface area (TPSA) is 26.0 Å². The molecule has 0 aliphatic carbocycles. The minimum Gasteiger partial charge on any atom is -0.320 e. The van der Waals surface area contributed by atoms with Crippen LogP contribution in [0.2, 0.25) is 0 Å². The first-order valence-electron chi connectivity index (χ1n) is 2.41. The normalized spacial score (nSPS) is 15.1. The molecule has 0 rings (SSSR count). The van der Waals surface area contributed by atoms with Crippen molar-refractivity contribution in [2.45, 2.75) is 18.6 Å². The first-order valence-corrected chi connectivity index (χ1v) is 2.41. The summed E-state index contributed by atoms with van der Waals surface area (Å²) in [6.07, 6.45) is -3.35. The van der Waals surface area contributed by atoms with Crippen molar-refractivity contribution >= 4 is 0 Å². The summed E-state index contributed by atoms with van der Waals surface area (Å²) in [7, 11) is 0. The number of hydrogen-bond donors (Lipinski definition) is 1. The molecule has 0 bridgehead atoms. The number of halogens is 3. The Morgan fingerprint density at radius 2 is 2.00 bits per heavy atom. The van der Waals surface area contributed by atoms with Crippen LogP contribution in [0.4, 0.5) is 13.2 Å². The molecule has 0 aromatic rings. The van der Waals surface area contributed by atoms with E-state index in [9.17, 15) is 13.2 Å². The molecule has 0 amide bonds. The molecule has 0 aromatic carbocycles. The Morgan fingerprint density at radius 3 is 2.11 bits per heavy atom. The maximum absolute atomic E-state index is 11.5. The van der Waals surface area contributed by atoms with Gasteiger partial charge in [-0.15, -0.1) is 6.58 Å². The van der Waals surface area contributed by atoms with Gasteiger partial charge < -0.3 is 5.73 Å². The fraction of sp³-hybridized carbons (Fsp3) is 0.600. The lowest BCUT2D eigenvalue weighted by molar-refractivity contribution is -0.146. The van der Waals surface area contributed by atoms with Gasteiger partial charge in [-0.2, -0.15) is 13.2 Å². The fourth-order valence-electron chi connectivity index (χ4n) is 0.313. The molecule has 0 aliphatic rings. The zero-order valence-electron chi connectivity index (χ0n) is 4.78. The molecule has 0 heterocycles. The highest BCUT2D eigenvalue weighted by Crippen LogP contribution is 2.20. The molecule has 4 heteroatoms. The van der Waals surface area contributed by atoms with E-state index in [1.165, 1.54) is 0 Å². The van der Waals surface area contributed by atoms with Gasteiger partial charge in [0.25, 0.3) is 0 Å². The first kappa shape index (κ1) is 8.49. The van der Waals surface area contributed by atoms with E-state index in [1.54, 1.807) is 0 Å². The molecule has 0 unspecified atom stereocenters. The molecule has 0 radical (unpaired) electrons. The standard InChI is InChI=1S/C5H8F3N/c1-2-3-4(9)5(6,7)8/h2,4H,1,3,9H2/t4-/m1/s1. The zero-order chi connectivity index (χ0) is 7.49. The average Bonchev–Trinajstić information content (AvgIpc) is 1.64. The van der Waals surface area contributed by atoms with E-state index in [2.05, 4.69) is 12.3 Å². The van der Waals surface area contributed by atoms with Crippen molar-refractivity contribution in [3.63, 3.8) is 0 Å². The minimum absolute atomic E-state index is 0.219. The van der Waals surface area contributed by atoms with Crippen LogP contribution in [0.3, 0.4) is 0 Å². The SMILES string of the molecule is C=CC[C@@H](N)C(F)(F)F. The van der Waals surface area contributed by atoms with Crippen LogP contribution in [0.1, 0.15) is 6.42 Å². The average molecular weight is 139 g/mol. The third-order valence-electron chi connectivity index (χ3n) is 0.841. The Kier molecular flexibility index (Phi) is 2.70. The Hall–Kier alpha value is -0.510. The molecule has 54 valence electrons. The van der Waals surface area contributed by atoms with Crippen molar-refractivity contribution < 1.29 is 13.2 Å². The van der Waals surface area contributed by atoms with Gasteiger partial charge in [-0.25, -0.2) is 0 Å². The molecule has 0 saturated carbocycles. The van der Waals surface area contributed by atoms with Crippen molar-refractivity contribution in [3.8, 4) is 0 Å². The fourth-order valence-corrected chi connectivity index (χ4v) is 0.313. The molecular weight excluding hydrogens is 131 g/mol. The van der Waals surface area contributed by atoms with Crippen molar-refractivity contribution in [1.29, 1.82) is 0 Å². The van der Waals surface area contributed by atoms with Crippen LogP contribution < -0.4 is 5.73 Å². The molecule has 1 atom stereocenters. The molecule has 0 fully saturated rings. The Bertz CT molecular complexity index is 96.9. The van der Waals surface area contributed by atoms with E-state index in [-0.39, 0.29) is 6.42 Å². The van der Waals surface area contributed by atoms with Crippen LogP contribution in [0.5, 0.6) is 0 Å². The van der Waals surface area contributed by atoms with Gasteiger partial charge in [0.2, 0.25) is 0 Å². The number of hydrogen-bond acceptors (Lipinski definition) is 1. The summed E-state index contributed by atoms with van der Waals surface area (Å²) in [6, 6.07) is -1.75. The number of alkyl halides is 3. The summed E-state index contributed by atoms with van der Waals surface area (Å²) in [4.78, 5) is 0. The van der Waals surface area contributed by atoms with Gasteiger partial charge in [0, 0.05) is 0 Å². The van der Waals surface area contributed by atoms with Crippen molar-refractivity contribution in [2.75, 3.05) is 0 Å². The molecule has 9 heavy (non-hydrogen) atoms. The van der Waals surface area contributed by atoms with E-state index in [1.807, 2.05) is 0 Å². The second-order valence-corrected chi connectivity index (χ2v) is 1.67. The van der Waals surface area contributed by atoms with E-state index in [0.717, 1.165) is 6.08 Å². The van der Waals surface area contributed by atoms with Crippen molar-refractivity contribution in [1.82, 2.24) is 0 Å². The maximum atomic E-state index is 11.5. The lowest BCUT2D eigenvalue weighted by Gasteiger charge is -2.12. The predicted molar refractivity (Wildman–Crippen MR) is 28.8 cm³/mol. The smallest absolute Gasteiger partial charge is 0.320 e. The largest absolute Gasteiger partial charge is 0.403 e. The molecule has 0 saturated heterocycles. The van der Waals surface area contributed by atoms with E-state index in [4.69, 9.17) is 0 Å². The quantitative estimate of drug-likeness (QED) is 0.576. The molecule has 0 aliphatic heterocycles. The van der Waals surface area contributed by atoms with E-state index in [0.29, 0.717) is 0 Å². The van der Waals surface area contributed by atoms with Gasteiger partial charge in [0.05, 0.1) is 0 Å². The van der Waals surface area contributed by atoms with Gasteiger partial charge in [0.15, 0.2) is 0 Å². The highest BCUT2D eigenvalue weighted by Gasteiger charge is 2.35. The van der Waals surface area contributed by atoms with Crippen molar-refractivity contribution in [2.24, 2.45) is 5.73 Å². The third-order valence-corrected chi connectivity index (χ3v) is 0.841. The lowest BCUT2D eigenvalue weighted by atomic mass is 10.2. The summed E-state index contributed by atoms with van der Waals surface area (Å²) in [5.41, 5.74) is 4.66. The van der Waals surface area contributed by atoms with Crippen LogP contribution in [0, 0.1) is 0 Å². The minimum atomic E-state index is -4.28. The lowest BCUT2D eigenvalue weighted by Crippen LogP contribution is -2.36. The van der Waals surface area contributed by atoms with Gasteiger partial charge in [0.1, 0.15) is 6.04 Å². The number of rotatable bonds is 2. The molecule has 1 nitrogen and oxygen atoms in total. The Labute approximate surface area is 51.3 Å². The molecule has 0 aromatic heterocycles. The van der Waals surface area contributed by atoms with E-state index >= 15 is 0 Å². The third kappa shape index (κ3) is 3.13. The zero-order valence-corrected chi connectivity index (χ0v) is 4.78. The summed E-state index contributed by atoms with van der Waals surface area (Å²) >= 11 is 0. The molecule has 0 spiro atoms. The summed E-state index contributed by atoms with van der Waals surface area (Å²) < 4.78 is 34.4. The monoisotopic (exact) mass is 139 g/mol. The highest BCUT2D eigenvalue weighted by molar-refractivity contribution is 4.79. The Balaban J connectivity index is 3.72. The number of nitrogens with two attached hydrogens (primary N) is 1. The van der Waals surface area contributed by atoms with Crippen molar-refractivity contribution in [3.05, 3.63) is 12.7 Å². The van der Waals surface area contributed by atoms with Gasteiger partial charge in [-0.3, -0.25) is 0 Å². The Morgan fingerprint density at radius 1 is 1.56 bits per heavy atom. The van der Waals surface area contributed by atoms with Crippen LogP contribution in [-0.4, -0.2) is 12.2 Å². The summed E-state index contributed by atoms with van der Waals surface area (Å²) in [5.74, 6) is 0. The van der Waals surface area contributed by atoms with Gasteiger partial charge in [-0.1, -0.05) is 6.08 Å². The summed E-state index contributed by atoms with van der Waals surface area (Å²) in [6.45, 7) is 3.13. The summed E-state index contributed by atoms with van der Waals surface area (Å²) in [5, 5.41) is 0. The van der Waals surface area contributed by atoms with Gasteiger partial charge in [-0.05, 0) is 6.42 Å². The molecule has 2 N–H and O–H groups in total. The second kappa shape index (κ2) is 2.87.